The second kappa shape index (κ2) is 13.1. The normalized spacial score (nSPS) is 16.7. The van der Waals surface area contributed by atoms with Crippen LogP contribution in [-0.2, 0) is 53.7 Å². The summed E-state index contributed by atoms with van der Waals surface area (Å²) in [6.07, 6.45) is -0.370. The van der Waals surface area contributed by atoms with Crippen LogP contribution in [0.4, 0.5) is 4.79 Å². The lowest BCUT2D eigenvalue weighted by atomic mass is 9.85. The van der Waals surface area contributed by atoms with Crippen LogP contribution in [0, 0.1) is 5.92 Å². The fourth-order valence-corrected chi connectivity index (χ4v) is 7.16. The zero-order chi connectivity index (χ0) is 31.6. The summed E-state index contributed by atoms with van der Waals surface area (Å²) < 4.78 is 23.1. The van der Waals surface area contributed by atoms with Crippen molar-refractivity contribution in [2.24, 2.45) is 5.92 Å². The molecule has 5 rings (SSSR count). The summed E-state index contributed by atoms with van der Waals surface area (Å²) in [5.41, 5.74) is 1.94. The predicted octanol–water partition coefficient (Wildman–Crippen LogP) is 5.09. The van der Waals surface area contributed by atoms with Crippen LogP contribution in [0.15, 0.2) is 29.1 Å². The molecule has 0 saturated heterocycles. The van der Waals surface area contributed by atoms with Gasteiger partial charge >= 0.3 is 18.1 Å². The number of esters is 2. The Hall–Kier alpha value is -3.71. The number of rotatable bonds is 11. The van der Waals surface area contributed by atoms with E-state index in [9.17, 15) is 24.3 Å². The Bertz CT molecular complexity index is 1690. The van der Waals surface area contributed by atoms with Gasteiger partial charge in [-0.2, -0.15) is 0 Å². The topological polar surface area (TPSA) is 143 Å². The van der Waals surface area contributed by atoms with Crippen LogP contribution in [0.1, 0.15) is 56.4 Å². The molecule has 44 heavy (non-hydrogen) atoms. The van der Waals surface area contributed by atoms with Gasteiger partial charge in [0.1, 0.15) is 25.6 Å². The molecule has 1 atom stereocenters. The first-order valence-electron chi connectivity index (χ1n) is 14.5. The third-order valence-corrected chi connectivity index (χ3v) is 10.1. The molecule has 0 aliphatic carbocycles. The van der Waals surface area contributed by atoms with E-state index >= 15 is 0 Å². The van der Waals surface area contributed by atoms with Crippen LogP contribution in [0.3, 0.4) is 0 Å². The summed E-state index contributed by atoms with van der Waals surface area (Å²) in [6, 6.07) is 6.68. The van der Waals surface area contributed by atoms with Gasteiger partial charge in [-0.05, 0) is 42.7 Å². The highest BCUT2D eigenvalue weighted by molar-refractivity contribution is 8.76. The maximum atomic E-state index is 13.8. The fourth-order valence-electron chi connectivity index (χ4n) is 5.50. The van der Waals surface area contributed by atoms with Crippen LogP contribution in [-0.4, -0.2) is 57.5 Å². The van der Waals surface area contributed by atoms with Gasteiger partial charge in [0.05, 0.1) is 34.9 Å². The van der Waals surface area contributed by atoms with Crippen molar-refractivity contribution in [3.8, 4) is 17.1 Å². The molecular formula is C31H34N2O9S2. The number of aromatic nitrogens is 2. The lowest BCUT2D eigenvalue weighted by Gasteiger charge is -2.35. The number of cyclic esters (lactones) is 1. The van der Waals surface area contributed by atoms with Gasteiger partial charge in [-0.3, -0.25) is 9.59 Å². The smallest absolute Gasteiger partial charge is 0.508 e. The van der Waals surface area contributed by atoms with Crippen molar-refractivity contribution < 1.29 is 38.4 Å². The van der Waals surface area contributed by atoms with Gasteiger partial charge in [-0.1, -0.05) is 49.3 Å². The first kappa shape index (κ1) is 31.7. The van der Waals surface area contributed by atoms with Gasteiger partial charge in [-0.15, -0.1) is 0 Å². The molecule has 4 heterocycles. The average Bonchev–Trinajstić information content (AvgIpc) is 3.37. The van der Waals surface area contributed by atoms with Crippen LogP contribution in [0.2, 0.25) is 0 Å². The van der Waals surface area contributed by atoms with E-state index in [4.69, 9.17) is 23.9 Å². The molecule has 0 bridgehead atoms. The van der Waals surface area contributed by atoms with Crippen molar-refractivity contribution >= 4 is 50.6 Å². The first-order valence-corrected chi connectivity index (χ1v) is 17.0. The van der Waals surface area contributed by atoms with Gasteiger partial charge in [0, 0.05) is 28.0 Å². The molecule has 0 spiro atoms. The SMILES string of the molecule is CCc1c2c(nc3ccc(O)cc13)-c1cc3c(c(=O)n1C2)COC(=O)[C@@]3(CC)OC(=O)OCCSSCCOC(=O)C(C)C. The summed E-state index contributed by atoms with van der Waals surface area (Å²) >= 11 is 0. The minimum atomic E-state index is -1.86. The maximum Gasteiger partial charge on any atom is 0.509 e. The Balaban J connectivity index is 1.35. The third-order valence-electron chi connectivity index (χ3n) is 7.72. The van der Waals surface area contributed by atoms with E-state index in [1.54, 1.807) is 49.6 Å². The molecule has 11 nitrogen and oxygen atoms in total. The summed E-state index contributed by atoms with van der Waals surface area (Å²) in [5, 5.41) is 10.9. The van der Waals surface area contributed by atoms with Crippen LogP contribution >= 0.6 is 21.6 Å². The second-order valence-corrected chi connectivity index (χ2v) is 13.4. The highest BCUT2D eigenvalue weighted by atomic mass is 33.1. The molecule has 2 aliphatic rings. The molecule has 234 valence electrons. The molecule has 1 N–H and O–H groups in total. The highest BCUT2D eigenvalue weighted by Gasteiger charge is 2.51. The van der Waals surface area contributed by atoms with Gasteiger partial charge in [0.2, 0.25) is 5.60 Å². The number of carbonyl (C=O) groups is 3. The molecular weight excluding hydrogens is 608 g/mol. The number of pyridine rings is 2. The number of nitrogens with zero attached hydrogens (tertiary/aromatic N) is 2. The molecule has 0 unspecified atom stereocenters. The Morgan fingerprint density at radius 3 is 2.50 bits per heavy atom. The molecule has 3 aromatic rings. The lowest BCUT2D eigenvalue weighted by Crippen LogP contribution is -2.47. The monoisotopic (exact) mass is 642 g/mol. The van der Waals surface area contributed by atoms with E-state index < -0.39 is 17.7 Å². The van der Waals surface area contributed by atoms with Crippen molar-refractivity contribution in [2.75, 3.05) is 24.7 Å². The minimum absolute atomic E-state index is 0.0218. The Morgan fingerprint density at radius 1 is 1.09 bits per heavy atom. The summed E-state index contributed by atoms with van der Waals surface area (Å²) in [7, 11) is 2.92. The Kier molecular flexibility index (Phi) is 9.45. The minimum Gasteiger partial charge on any atom is -0.508 e. The quantitative estimate of drug-likeness (QED) is 0.101. The highest BCUT2D eigenvalue weighted by Crippen LogP contribution is 2.42. The molecule has 0 radical (unpaired) electrons. The molecule has 13 heteroatoms. The van der Waals surface area contributed by atoms with Crippen molar-refractivity contribution in [3.05, 3.63) is 56.9 Å². The zero-order valence-corrected chi connectivity index (χ0v) is 26.6. The average molecular weight is 643 g/mol. The molecule has 2 aliphatic heterocycles. The summed E-state index contributed by atoms with van der Waals surface area (Å²) in [5.74, 6) is -0.0332. The fraction of sp³-hybridized carbons (Fsp3) is 0.452. The summed E-state index contributed by atoms with van der Waals surface area (Å²) in [6.45, 7) is 7.58. The van der Waals surface area contributed by atoms with Gasteiger partial charge < -0.3 is 28.6 Å². The van der Waals surface area contributed by atoms with Gasteiger partial charge in [0.15, 0.2) is 0 Å². The van der Waals surface area contributed by atoms with E-state index in [0.29, 0.717) is 41.4 Å². The molecule has 0 saturated carbocycles. The van der Waals surface area contributed by atoms with E-state index in [1.165, 1.54) is 21.6 Å². The summed E-state index contributed by atoms with van der Waals surface area (Å²) in [4.78, 5) is 56.2. The predicted molar refractivity (Wildman–Crippen MR) is 166 cm³/mol. The van der Waals surface area contributed by atoms with Crippen molar-refractivity contribution in [1.29, 1.82) is 0 Å². The second-order valence-electron chi connectivity index (χ2n) is 10.7. The van der Waals surface area contributed by atoms with Crippen LogP contribution in [0.5, 0.6) is 5.75 Å². The van der Waals surface area contributed by atoms with E-state index in [0.717, 1.165) is 16.5 Å². The number of hydrogen-bond donors (Lipinski definition) is 1. The number of phenolic OH excluding ortho intramolecular Hbond substituents is 1. The number of hydrogen-bond acceptors (Lipinski definition) is 12. The van der Waals surface area contributed by atoms with E-state index in [1.807, 2.05) is 6.92 Å². The van der Waals surface area contributed by atoms with Crippen molar-refractivity contribution in [2.45, 2.75) is 59.3 Å². The lowest BCUT2D eigenvalue weighted by molar-refractivity contribution is -0.175. The zero-order valence-electron chi connectivity index (χ0n) is 25.0. The molecule has 0 amide bonds. The van der Waals surface area contributed by atoms with Crippen LogP contribution in [0.25, 0.3) is 22.3 Å². The van der Waals surface area contributed by atoms with E-state index in [-0.39, 0.29) is 60.5 Å². The maximum absolute atomic E-state index is 13.8. The number of carbonyl (C=O) groups excluding carboxylic acids is 3. The largest absolute Gasteiger partial charge is 0.509 e. The molecule has 1 aromatic carbocycles. The molecule has 0 fully saturated rings. The van der Waals surface area contributed by atoms with E-state index in [2.05, 4.69) is 0 Å². The number of ether oxygens (including phenoxy) is 4. The standard InChI is InChI=1S/C31H34N2O9S2/c1-5-19-20-13-18(34)7-8-24(20)32-26-21(19)15-33-25(26)14-23-22(27(33)35)16-41-29(37)31(23,6-2)42-30(38)40-10-12-44-43-11-9-39-28(36)17(3)4/h7-8,13-14,17,34H,5-6,9-12,15-16H2,1-4H3/t31-/m0/s1. The first-order chi connectivity index (χ1) is 21.1. The van der Waals surface area contributed by atoms with Crippen molar-refractivity contribution in [3.63, 3.8) is 0 Å². The van der Waals surface area contributed by atoms with Gasteiger partial charge in [0.25, 0.3) is 5.56 Å². The Labute approximate surface area is 262 Å². The number of phenols is 1. The molecule has 2 aromatic heterocycles. The number of aromatic hydroxyl groups is 1. The van der Waals surface area contributed by atoms with Gasteiger partial charge in [-0.25, -0.2) is 14.6 Å². The number of benzene rings is 1. The van der Waals surface area contributed by atoms with Crippen molar-refractivity contribution in [1.82, 2.24) is 9.55 Å². The van der Waals surface area contributed by atoms with Crippen LogP contribution < -0.4 is 5.56 Å². The Morgan fingerprint density at radius 2 is 1.82 bits per heavy atom. The number of aryl methyl sites for hydroxylation is 1. The number of fused-ring (bicyclic) bond motifs is 5. The third kappa shape index (κ3) is 5.86.